The van der Waals surface area contributed by atoms with Crippen molar-refractivity contribution in [1.82, 2.24) is 20.8 Å². The first-order valence-corrected chi connectivity index (χ1v) is 6.74. The van der Waals surface area contributed by atoms with Gasteiger partial charge in [-0.1, -0.05) is 0 Å². The van der Waals surface area contributed by atoms with Crippen LogP contribution in [0, 0.1) is 12.8 Å². The first kappa shape index (κ1) is 14.0. The Balaban J connectivity index is 1.68. The summed E-state index contributed by atoms with van der Waals surface area (Å²) >= 11 is 0. The quantitative estimate of drug-likeness (QED) is 0.633. The molecule has 0 bridgehead atoms. The molecule has 1 aromatic rings. The Hall–Kier alpha value is -1.40. The number of aromatic nitrogens is 2. The molecule has 6 heteroatoms. The zero-order valence-corrected chi connectivity index (χ0v) is 11.5. The number of aromatic amines is 1. The topological polar surface area (TPSA) is 79.0 Å². The monoisotopic (exact) mass is 266 g/mol. The first-order valence-electron chi connectivity index (χ1n) is 6.74. The van der Waals surface area contributed by atoms with Crippen LogP contribution in [-0.4, -0.2) is 49.0 Å². The fourth-order valence-corrected chi connectivity index (χ4v) is 2.35. The molecule has 2 heterocycles. The molecule has 1 aliphatic rings. The van der Waals surface area contributed by atoms with Gasteiger partial charge in [0.1, 0.15) is 0 Å². The van der Waals surface area contributed by atoms with Crippen LogP contribution < -0.4 is 10.6 Å². The van der Waals surface area contributed by atoms with Gasteiger partial charge in [-0.25, -0.2) is 0 Å². The Morgan fingerprint density at radius 2 is 2.42 bits per heavy atom. The number of carbonyl (C=O) groups is 1. The Kier molecular flexibility index (Phi) is 4.93. The second-order valence-corrected chi connectivity index (χ2v) is 4.95. The number of carbonyl (C=O) groups excluding carboxylic acids is 1. The molecular formula is C13H22N4O2. The zero-order chi connectivity index (χ0) is 13.7. The summed E-state index contributed by atoms with van der Waals surface area (Å²) in [6, 6.07) is 0.135. The fourth-order valence-electron chi connectivity index (χ4n) is 2.35. The maximum Gasteiger partial charge on any atom is 0.227 e. The highest BCUT2D eigenvalue weighted by atomic mass is 16.5. The summed E-state index contributed by atoms with van der Waals surface area (Å²) in [7, 11) is 1.86. The van der Waals surface area contributed by atoms with Crippen LogP contribution in [0.15, 0.2) is 6.20 Å². The van der Waals surface area contributed by atoms with Crippen LogP contribution in [0.5, 0.6) is 0 Å². The van der Waals surface area contributed by atoms with Gasteiger partial charge in [-0.15, -0.1) is 0 Å². The van der Waals surface area contributed by atoms with Crippen LogP contribution in [0.2, 0.25) is 0 Å². The van der Waals surface area contributed by atoms with Gasteiger partial charge >= 0.3 is 0 Å². The average Bonchev–Trinajstić information content (AvgIpc) is 3.03. The van der Waals surface area contributed by atoms with Gasteiger partial charge in [0, 0.05) is 18.3 Å². The van der Waals surface area contributed by atoms with Crippen molar-refractivity contribution in [3.63, 3.8) is 0 Å². The van der Waals surface area contributed by atoms with E-state index in [0.717, 1.165) is 18.5 Å². The van der Waals surface area contributed by atoms with Gasteiger partial charge in [0.25, 0.3) is 0 Å². The van der Waals surface area contributed by atoms with Gasteiger partial charge in [0.2, 0.25) is 5.91 Å². The van der Waals surface area contributed by atoms with Crippen LogP contribution in [0.4, 0.5) is 0 Å². The predicted octanol–water partition coefficient (Wildman–Crippen LogP) is 0.00132. The Morgan fingerprint density at radius 3 is 3.11 bits per heavy atom. The van der Waals surface area contributed by atoms with Crippen LogP contribution in [0.1, 0.15) is 17.7 Å². The number of hydrogen-bond acceptors (Lipinski definition) is 4. The van der Waals surface area contributed by atoms with Crippen molar-refractivity contribution in [1.29, 1.82) is 0 Å². The molecule has 0 aromatic carbocycles. The molecule has 106 valence electrons. The minimum absolute atomic E-state index is 0.0688. The predicted molar refractivity (Wildman–Crippen MR) is 71.8 cm³/mol. The molecular weight excluding hydrogens is 244 g/mol. The number of hydrogen-bond donors (Lipinski definition) is 3. The molecule has 0 aliphatic carbocycles. The average molecular weight is 266 g/mol. The molecule has 2 unspecified atom stereocenters. The lowest BCUT2D eigenvalue weighted by Crippen LogP contribution is -2.42. The van der Waals surface area contributed by atoms with Crippen LogP contribution in [0.3, 0.4) is 0 Å². The molecule has 1 fully saturated rings. The van der Waals surface area contributed by atoms with E-state index >= 15 is 0 Å². The smallest absolute Gasteiger partial charge is 0.227 e. The van der Waals surface area contributed by atoms with Crippen molar-refractivity contribution in [2.24, 2.45) is 5.92 Å². The lowest BCUT2D eigenvalue weighted by atomic mass is 10.0. The molecule has 3 N–H and O–H groups in total. The third-order valence-electron chi connectivity index (χ3n) is 3.64. The summed E-state index contributed by atoms with van der Waals surface area (Å²) in [4.78, 5) is 12.0. The summed E-state index contributed by atoms with van der Waals surface area (Å²) in [5.74, 6) is 0.0152. The van der Waals surface area contributed by atoms with Crippen molar-refractivity contribution in [2.75, 3.05) is 26.8 Å². The highest BCUT2D eigenvalue weighted by Gasteiger charge is 2.32. The molecule has 6 nitrogen and oxygen atoms in total. The number of amides is 1. The molecule has 2 atom stereocenters. The lowest BCUT2D eigenvalue weighted by Gasteiger charge is -2.16. The summed E-state index contributed by atoms with van der Waals surface area (Å²) in [5.41, 5.74) is 2.32. The maximum atomic E-state index is 12.0. The van der Waals surface area contributed by atoms with Gasteiger partial charge in [0.05, 0.1) is 25.3 Å². The van der Waals surface area contributed by atoms with Crippen LogP contribution in [0.25, 0.3) is 0 Å². The van der Waals surface area contributed by atoms with E-state index in [4.69, 9.17) is 4.74 Å². The number of H-pyrrole nitrogens is 1. The summed E-state index contributed by atoms with van der Waals surface area (Å²) in [5, 5.41) is 13.0. The minimum Gasteiger partial charge on any atom is -0.379 e. The van der Waals surface area contributed by atoms with Gasteiger partial charge < -0.3 is 15.4 Å². The highest BCUT2D eigenvalue weighted by Crippen LogP contribution is 2.13. The second-order valence-electron chi connectivity index (χ2n) is 4.95. The Bertz CT molecular complexity index is 419. The van der Waals surface area contributed by atoms with Gasteiger partial charge in [-0.2, -0.15) is 5.10 Å². The molecule has 0 spiro atoms. The third kappa shape index (κ3) is 3.54. The van der Waals surface area contributed by atoms with Crippen molar-refractivity contribution >= 4 is 5.91 Å². The van der Waals surface area contributed by atoms with E-state index in [1.807, 2.05) is 20.2 Å². The number of rotatable bonds is 6. The van der Waals surface area contributed by atoms with Crippen LogP contribution in [-0.2, 0) is 16.0 Å². The molecule has 1 amide bonds. The van der Waals surface area contributed by atoms with Gasteiger partial charge in [-0.3, -0.25) is 9.89 Å². The van der Waals surface area contributed by atoms with E-state index < -0.39 is 0 Å². The summed E-state index contributed by atoms with van der Waals surface area (Å²) in [6.45, 7) is 3.83. The van der Waals surface area contributed by atoms with Gasteiger partial charge in [0.15, 0.2) is 0 Å². The molecule has 0 saturated carbocycles. The highest BCUT2D eigenvalue weighted by molar-refractivity contribution is 5.79. The first-order chi connectivity index (χ1) is 9.22. The minimum atomic E-state index is -0.0688. The Labute approximate surface area is 113 Å². The fraction of sp³-hybridized carbons (Fsp3) is 0.692. The largest absolute Gasteiger partial charge is 0.379 e. The van der Waals surface area contributed by atoms with E-state index in [0.29, 0.717) is 19.8 Å². The van der Waals surface area contributed by atoms with E-state index in [2.05, 4.69) is 20.8 Å². The SMILES string of the molecule is CNC1COCC1C(=O)NCCCc1cn[nH]c1C. The number of nitrogens with zero attached hydrogens (tertiary/aromatic N) is 1. The summed E-state index contributed by atoms with van der Waals surface area (Å²) < 4.78 is 5.33. The number of ether oxygens (including phenoxy) is 1. The standard InChI is InChI=1S/C13H22N4O2/c1-9-10(6-16-17-9)4-3-5-15-13(18)11-7-19-8-12(11)14-2/h6,11-12,14H,3-5,7-8H2,1-2H3,(H,15,18)(H,16,17). The molecule has 1 aromatic heterocycles. The second kappa shape index (κ2) is 6.68. The summed E-state index contributed by atoms with van der Waals surface area (Å²) in [6.07, 6.45) is 3.70. The van der Waals surface area contributed by atoms with Crippen molar-refractivity contribution < 1.29 is 9.53 Å². The lowest BCUT2D eigenvalue weighted by molar-refractivity contribution is -0.125. The normalized spacial score (nSPS) is 22.6. The van der Waals surface area contributed by atoms with E-state index in [1.54, 1.807) is 0 Å². The third-order valence-corrected chi connectivity index (χ3v) is 3.64. The van der Waals surface area contributed by atoms with Crippen LogP contribution >= 0.6 is 0 Å². The van der Waals surface area contributed by atoms with E-state index in [-0.39, 0.29) is 17.9 Å². The van der Waals surface area contributed by atoms with E-state index in [1.165, 1.54) is 5.56 Å². The van der Waals surface area contributed by atoms with E-state index in [9.17, 15) is 4.79 Å². The van der Waals surface area contributed by atoms with Crippen molar-refractivity contribution in [3.8, 4) is 0 Å². The van der Waals surface area contributed by atoms with Crippen molar-refractivity contribution in [3.05, 3.63) is 17.5 Å². The molecule has 0 radical (unpaired) electrons. The van der Waals surface area contributed by atoms with Crippen molar-refractivity contribution in [2.45, 2.75) is 25.8 Å². The molecule has 1 saturated heterocycles. The number of likely N-dealkylation sites (N-methyl/N-ethyl adjacent to an activating group) is 1. The molecule has 1 aliphatic heterocycles. The zero-order valence-electron chi connectivity index (χ0n) is 11.5. The Morgan fingerprint density at radius 1 is 1.58 bits per heavy atom. The number of aryl methyl sites for hydroxylation is 2. The number of nitrogens with one attached hydrogen (secondary N) is 3. The maximum absolute atomic E-state index is 12.0. The van der Waals surface area contributed by atoms with Gasteiger partial charge in [-0.05, 0) is 32.4 Å². The molecule has 2 rings (SSSR count). The molecule has 19 heavy (non-hydrogen) atoms.